The lowest BCUT2D eigenvalue weighted by atomic mass is 9.98. The van der Waals surface area contributed by atoms with Crippen LogP contribution in [0.25, 0.3) is 0 Å². The highest BCUT2D eigenvalue weighted by atomic mass is 19.1. The molecule has 19 heavy (non-hydrogen) atoms. The van der Waals surface area contributed by atoms with Crippen LogP contribution in [0.5, 0.6) is 0 Å². The first-order valence-electron chi connectivity index (χ1n) is 6.02. The first-order chi connectivity index (χ1) is 9.08. The Bertz CT molecular complexity index is 551. The smallest absolute Gasteiger partial charge is 0.123 e. The minimum atomic E-state index is -0.260. The van der Waals surface area contributed by atoms with E-state index in [1.165, 1.54) is 12.1 Å². The molecule has 5 heteroatoms. The highest BCUT2D eigenvalue weighted by molar-refractivity contribution is 5.34. The van der Waals surface area contributed by atoms with Crippen LogP contribution in [0.4, 0.5) is 10.2 Å². The van der Waals surface area contributed by atoms with Gasteiger partial charge in [0.05, 0.1) is 6.04 Å². The molecule has 0 aliphatic heterocycles. The zero-order chi connectivity index (χ0) is 13.8. The average Bonchev–Trinajstić information content (AvgIpc) is 2.34. The fourth-order valence-corrected chi connectivity index (χ4v) is 2.10. The number of benzene rings is 1. The average molecular weight is 260 g/mol. The summed E-state index contributed by atoms with van der Waals surface area (Å²) in [6.07, 6.45) is 2.27. The van der Waals surface area contributed by atoms with Gasteiger partial charge in [0.25, 0.3) is 0 Å². The minimum Gasteiger partial charge on any atom is -0.384 e. The molecule has 0 aliphatic rings. The lowest BCUT2D eigenvalue weighted by Gasteiger charge is -2.17. The summed E-state index contributed by atoms with van der Waals surface area (Å²) in [7, 11) is 0. The van der Waals surface area contributed by atoms with Gasteiger partial charge >= 0.3 is 0 Å². The van der Waals surface area contributed by atoms with Gasteiger partial charge in [0.2, 0.25) is 0 Å². The molecule has 0 bridgehead atoms. The Kier molecular flexibility index (Phi) is 4.09. The lowest BCUT2D eigenvalue weighted by molar-refractivity contribution is 0.544. The molecule has 0 saturated heterocycles. The number of nitrogens with one attached hydrogen (secondary N) is 1. The van der Waals surface area contributed by atoms with Crippen molar-refractivity contribution in [1.82, 2.24) is 10.4 Å². The highest BCUT2D eigenvalue weighted by Gasteiger charge is 2.12. The summed E-state index contributed by atoms with van der Waals surface area (Å²) in [6, 6.07) is 8.38. The van der Waals surface area contributed by atoms with E-state index >= 15 is 0 Å². The second-order valence-electron chi connectivity index (χ2n) is 4.57. The lowest BCUT2D eigenvalue weighted by Crippen LogP contribution is -2.29. The molecule has 1 aromatic heterocycles. The second kappa shape index (κ2) is 5.77. The zero-order valence-electron chi connectivity index (χ0n) is 10.7. The Morgan fingerprint density at radius 3 is 2.74 bits per heavy atom. The fourth-order valence-electron chi connectivity index (χ4n) is 2.10. The van der Waals surface area contributed by atoms with E-state index in [1.807, 2.05) is 19.1 Å². The normalized spacial score (nSPS) is 12.4. The van der Waals surface area contributed by atoms with Crippen molar-refractivity contribution in [2.24, 2.45) is 5.84 Å². The van der Waals surface area contributed by atoms with Gasteiger partial charge in [-0.15, -0.1) is 0 Å². The molecule has 1 aromatic carbocycles. The molecule has 2 aromatic rings. The van der Waals surface area contributed by atoms with Gasteiger partial charge in [0, 0.05) is 6.20 Å². The van der Waals surface area contributed by atoms with Crippen LogP contribution in [0.3, 0.4) is 0 Å². The number of halogens is 1. The van der Waals surface area contributed by atoms with Gasteiger partial charge in [-0.25, -0.2) is 9.37 Å². The Hall–Kier alpha value is -1.98. The van der Waals surface area contributed by atoms with E-state index in [0.29, 0.717) is 12.2 Å². The van der Waals surface area contributed by atoms with E-state index < -0.39 is 0 Å². The number of rotatable bonds is 4. The molecule has 2 rings (SSSR count). The van der Waals surface area contributed by atoms with Crippen LogP contribution in [-0.2, 0) is 6.42 Å². The van der Waals surface area contributed by atoms with Crippen molar-refractivity contribution >= 4 is 5.82 Å². The predicted molar refractivity (Wildman–Crippen MR) is 73.6 cm³/mol. The van der Waals surface area contributed by atoms with Crippen LogP contribution in [0.15, 0.2) is 36.5 Å². The maximum atomic E-state index is 13.4. The molecule has 0 amide bonds. The molecule has 0 saturated carbocycles. The van der Waals surface area contributed by atoms with Crippen molar-refractivity contribution in [2.75, 3.05) is 5.73 Å². The van der Waals surface area contributed by atoms with Gasteiger partial charge in [-0.3, -0.25) is 11.3 Å². The summed E-state index contributed by atoms with van der Waals surface area (Å²) in [5, 5.41) is 0. The van der Waals surface area contributed by atoms with Crippen LogP contribution in [0.1, 0.15) is 22.7 Å². The molecular formula is C14H17FN4. The number of nitrogen functional groups attached to an aromatic ring is 1. The number of anilines is 1. The number of pyridine rings is 1. The van der Waals surface area contributed by atoms with E-state index in [1.54, 1.807) is 12.3 Å². The van der Waals surface area contributed by atoms with E-state index in [9.17, 15) is 4.39 Å². The van der Waals surface area contributed by atoms with Crippen molar-refractivity contribution in [1.29, 1.82) is 0 Å². The predicted octanol–water partition coefficient (Wildman–Crippen LogP) is 1.86. The number of hydrogen-bond acceptors (Lipinski definition) is 4. The SMILES string of the molecule is Cc1cc(F)cc(C(Cc2ccnc(N)c2)NN)c1. The maximum Gasteiger partial charge on any atom is 0.123 e. The summed E-state index contributed by atoms with van der Waals surface area (Å²) in [6.45, 7) is 1.85. The molecule has 0 aliphatic carbocycles. The van der Waals surface area contributed by atoms with Gasteiger partial charge in [-0.1, -0.05) is 6.07 Å². The molecule has 4 nitrogen and oxygen atoms in total. The third kappa shape index (κ3) is 3.49. The Labute approximate surface area is 111 Å². The third-order valence-electron chi connectivity index (χ3n) is 2.95. The van der Waals surface area contributed by atoms with Gasteiger partial charge in [0.1, 0.15) is 11.6 Å². The van der Waals surface area contributed by atoms with Gasteiger partial charge in [-0.05, 0) is 54.3 Å². The van der Waals surface area contributed by atoms with Gasteiger partial charge in [-0.2, -0.15) is 0 Å². The number of aryl methyl sites for hydroxylation is 1. The van der Waals surface area contributed by atoms with E-state index in [-0.39, 0.29) is 11.9 Å². The summed E-state index contributed by atoms with van der Waals surface area (Å²) >= 11 is 0. The van der Waals surface area contributed by atoms with Crippen molar-refractivity contribution in [3.05, 3.63) is 59.0 Å². The number of hydrazine groups is 1. The molecule has 0 fully saturated rings. The van der Waals surface area contributed by atoms with Crippen molar-refractivity contribution < 1.29 is 4.39 Å². The number of aromatic nitrogens is 1. The molecule has 1 unspecified atom stereocenters. The molecule has 1 heterocycles. The topological polar surface area (TPSA) is 77.0 Å². The van der Waals surface area contributed by atoms with E-state index in [4.69, 9.17) is 11.6 Å². The van der Waals surface area contributed by atoms with Crippen LogP contribution < -0.4 is 17.0 Å². The first kappa shape index (κ1) is 13.5. The van der Waals surface area contributed by atoms with Gasteiger partial charge in [0.15, 0.2) is 0 Å². The number of hydrogen-bond donors (Lipinski definition) is 3. The summed E-state index contributed by atoms with van der Waals surface area (Å²) in [5.41, 5.74) is 11.0. The first-order valence-corrected chi connectivity index (χ1v) is 6.02. The summed E-state index contributed by atoms with van der Waals surface area (Å²) < 4.78 is 13.4. The molecular weight excluding hydrogens is 243 g/mol. The monoisotopic (exact) mass is 260 g/mol. The highest BCUT2D eigenvalue weighted by Crippen LogP contribution is 2.20. The van der Waals surface area contributed by atoms with Crippen molar-refractivity contribution in [3.8, 4) is 0 Å². The van der Waals surface area contributed by atoms with E-state index in [2.05, 4.69) is 10.4 Å². The van der Waals surface area contributed by atoms with Crippen molar-refractivity contribution in [3.63, 3.8) is 0 Å². The van der Waals surface area contributed by atoms with Crippen molar-refractivity contribution in [2.45, 2.75) is 19.4 Å². The molecule has 5 N–H and O–H groups in total. The quantitative estimate of drug-likeness (QED) is 0.579. The van der Waals surface area contributed by atoms with Crippen LogP contribution in [-0.4, -0.2) is 4.98 Å². The largest absolute Gasteiger partial charge is 0.384 e. The molecule has 1 atom stereocenters. The molecule has 0 spiro atoms. The zero-order valence-corrected chi connectivity index (χ0v) is 10.7. The van der Waals surface area contributed by atoms with Crippen LogP contribution >= 0.6 is 0 Å². The minimum absolute atomic E-state index is 0.170. The fraction of sp³-hybridized carbons (Fsp3) is 0.214. The van der Waals surface area contributed by atoms with Gasteiger partial charge < -0.3 is 5.73 Å². The number of nitrogens with two attached hydrogens (primary N) is 2. The third-order valence-corrected chi connectivity index (χ3v) is 2.95. The number of nitrogens with zero attached hydrogens (tertiary/aromatic N) is 1. The summed E-state index contributed by atoms with van der Waals surface area (Å²) in [5.74, 6) is 5.77. The van der Waals surface area contributed by atoms with Crippen LogP contribution in [0, 0.1) is 12.7 Å². The molecule has 100 valence electrons. The summed E-state index contributed by atoms with van der Waals surface area (Å²) in [4.78, 5) is 3.94. The second-order valence-corrected chi connectivity index (χ2v) is 4.57. The van der Waals surface area contributed by atoms with E-state index in [0.717, 1.165) is 16.7 Å². The Balaban J connectivity index is 2.24. The standard InChI is InChI=1S/C14H17FN4/c1-9-4-11(8-12(15)5-9)13(19-17)6-10-2-3-18-14(16)7-10/h2-5,7-8,13,19H,6,17H2,1H3,(H2,16,18). The maximum absolute atomic E-state index is 13.4. The Morgan fingerprint density at radius 1 is 1.32 bits per heavy atom. The molecule has 0 radical (unpaired) electrons. The van der Waals surface area contributed by atoms with Crippen LogP contribution in [0.2, 0.25) is 0 Å². The Morgan fingerprint density at radius 2 is 2.11 bits per heavy atom.